The fourth-order valence-electron chi connectivity index (χ4n) is 4.14. The number of hydrogen-bond donors (Lipinski definition) is 0. The minimum atomic E-state index is -3.62. The zero-order chi connectivity index (χ0) is 19.9. The molecule has 0 saturated carbocycles. The van der Waals surface area contributed by atoms with E-state index in [-0.39, 0.29) is 16.2 Å². The Balaban J connectivity index is 1.55. The van der Waals surface area contributed by atoms with E-state index in [2.05, 4.69) is 0 Å². The van der Waals surface area contributed by atoms with Crippen LogP contribution in [0.25, 0.3) is 0 Å². The number of sulfonamides is 1. The summed E-state index contributed by atoms with van der Waals surface area (Å²) in [6.45, 7) is 3.35. The van der Waals surface area contributed by atoms with Crippen LogP contribution in [0.1, 0.15) is 18.4 Å². The van der Waals surface area contributed by atoms with E-state index in [0.717, 1.165) is 11.3 Å². The zero-order valence-electron chi connectivity index (χ0n) is 16.1. The molecule has 0 bridgehead atoms. The molecule has 0 aliphatic carbocycles. The van der Waals surface area contributed by atoms with Crippen LogP contribution >= 0.6 is 0 Å². The lowest BCUT2D eigenvalue weighted by atomic mass is 9.86. The van der Waals surface area contributed by atoms with Crippen molar-refractivity contribution in [1.82, 2.24) is 4.31 Å². The molecule has 2 aliphatic heterocycles. The molecule has 0 unspecified atom stereocenters. The molecule has 0 radical (unpaired) electrons. The number of methoxy groups -OCH3 is 1. The Morgan fingerprint density at radius 3 is 2.54 bits per heavy atom. The predicted octanol–water partition coefficient (Wildman–Crippen LogP) is 2.82. The lowest BCUT2D eigenvalue weighted by Gasteiger charge is -2.24. The van der Waals surface area contributed by atoms with Crippen LogP contribution in [0.3, 0.4) is 0 Å². The third kappa shape index (κ3) is 3.29. The zero-order valence-corrected chi connectivity index (χ0v) is 16.9. The van der Waals surface area contributed by atoms with Gasteiger partial charge in [-0.3, -0.25) is 4.79 Å². The highest BCUT2D eigenvalue weighted by molar-refractivity contribution is 7.89. The van der Waals surface area contributed by atoms with Crippen molar-refractivity contribution >= 4 is 21.6 Å². The minimum Gasteiger partial charge on any atom is -0.497 e. The summed E-state index contributed by atoms with van der Waals surface area (Å²) in [5.41, 5.74) is 1.69. The first-order chi connectivity index (χ1) is 13.3. The van der Waals surface area contributed by atoms with Crippen LogP contribution in [0.4, 0.5) is 5.69 Å². The Morgan fingerprint density at radius 1 is 1.07 bits per heavy atom. The molecule has 1 spiro atoms. The first-order valence-corrected chi connectivity index (χ1v) is 10.8. The summed E-state index contributed by atoms with van der Waals surface area (Å²) in [6, 6.07) is 14.4. The second-order valence-electron chi connectivity index (χ2n) is 7.76. The van der Waals surface area contributed by atoms with E-state index < -0.39 is 10.0 Å². The third-order valence-corrected chi connectivity index (χ3v) is 7.59. The molecule has 0 N–H and O–H groups in total. The van der Waals surface area contributed by atoms with Gasteiger partial charge in [0.2, 0.25) is 15.9 Å². The summed E-state index contributed by atoms with van der Waals surface area (Å²) in [5, 5.41) is 0. The summed E-state index contributed by atoms with van der Waals surface area (Å²) in [7, 11) is -2.10. The molecule has 0 aromatic heterocycles. The van der Waals surface area contributed by atoms with Crippen LogP contribution in [0.2, 0.25) is 0 Å². The van der Waals surface area contributed by atoms with Crippen LogP contribution in [0, 0.1) is 12.3 Å². The van der Waals surface area contributed by atoms with Crippen molar-refractivity contribution in [2.24, 2.45) is 5.41 Å². The quantitative estimate of drug-likeness (QED) is 0.792. The molecule has 2 aromatic carbocycles. The number of carbonyl (C=O) groups excluding carboxylic acids is 1. The number of aryl methyl sites for hydroxylation is 1. The van der Waals surface area contributed by atoms with Crippen molar-refractivity contribution in [3.8, 4) is 5.75 Å². The highest BCUT2D eigenvalue weighted by Crippen LogP contribution is 2.43. The number of amides is 1. The van der Waals surface area contributed by atoms with Gasteiger partial charge in [0.1, 0.15) is 5.75 Å². The van der Waals surface area contributed by atoms with Crippen LogP contribution in [0.15, 0.2) is 53.4 Å². The molecular formula is C21H24N2O4S. The van der Waals surface area contributed by atoms with E-state index in [9.17, 15) is 13.2 Å². The fraction of sp³-hybridized carbons (Fsp3) is 0.381. The van der Waals surface area contributed by atoms with Gasteiger partial charge >= 0.3 is 0 Å². The molecule has 1 amide bonds. The van der Waals surface area contributed by atoms with Gasteiger partial charge in [0, 0.05) is 43.2 Å². The lowest BCUT2D eigenvalue weighted by Crippen LogP contribution is -2.34. The second-order valence-corrected chi connectivity index (χ2v) is 9.70. The van der Waals surface area contributed by atoms with E-state index in [4.69, 9.17) is 4.74 Å². The summed E-state index contributed by atoms with van der Waals surface area (Å²) in [6.07, 6.45) is 1.06. The maximum absolute atomic E-state index is 13.1. The summed E-state index contributed by atoms with van der Waals surface area (Å²) >= 11 is 0. The fourth-order valence-corrected chi connectivity index (χ4v) is 5.73. The standard InChI is InChI=1S/C21H24N2O4S/c1-16-6-8-17(9-7-16)23-15-21(13-20(23)24)10-11-22(14-21)28(25,26)19-5-3-4-18(12-19)27-2/h3-9,12H,10-11,13-15H2,1-2H3/t21-/m1/s1. The Bertz CT molecular complexity index is 1000. The van der Waals surface area contributed by atoms with Gasteiger partial charge in [-0.1, -0.05) is 23.8 Å². The Hall–Kier alpha value is -2.38. The normalized spacial score (nSPS) is 22.9. The van der Waals surface area contributed by atoms with Crippen molar-refractivity contribution < 1.29 is 17.9 Å². The van der Waals surface area contributed by atoms with Crippen molar-refractivity contribution in [3.05, 3.63) is 54.1 Å². The topological polar surface area (TPSA) is 66.9 Å². The van der Waals surface area contributed by atoms with Gasteiger partial charge in [0.25, 0.3) is 0 Å². The van der Waals surface area contributed by atoms with E-state index in [1.165, 1.54) is 11.4 Å². The van der Waals surface area contributed by atoms with E-state index in [1.54, 1.807) is 29.2 Å². The SMILES string of the molecule is COc1cccc(S(=O)(=O)N2CC[C@@]3(CC(=O)N(c4ccc(C)cc4)C3)C2)c1. The van der Waals surface area contributed by atoms with Crippen molar-refractivity contribution in [2.45, 2.75) is 24.7 Å². The van der Waals surface area contributed by atoms with Crippen molar-refractivity contribution in [3.63, 3.8) is 0 Å². The van der Waals surface area contributed by atoms with Crippen LogP contribution in [0.5, 0.6) is 5.75 Å². The number of rotatable bonds is 4. The number of ether oxygens (including phenoxy) is 1. The van der Waals surface area contributed by atoms with Gasteiger partial charge in [0.15, 0.2) is 0 Å². The molecule has 6 nitrogen and oxygen atoms in total. The van der Waals surface area contributed by atoms with Crippen LogP contribution in [-0.4, -0.2) is 45.4 Å². The summed E-state index contributed by atoms with van der Waals surface area (Å²) in [5.74, 6) is 0.570. The highest BCUT2D eigenvalue weighted by atomic mass is 32.2. The van der Waals surface area contributed by atoms with Crippen LogP contribution < -0.4 is 9.64 Å². The first kappa shape index (κ1) is 19.0. The number of nitrogens with zero attached hydrogens (tertiary/aromatic N) is 2. The van der Waals surface area contributed by atoms with E-state index >= 15 is 0 Å². The Kier molecular flexibility index (Phi) is 4.67. The molecule has 2 saturated heterocycles. The van der Waals surface area contributed by atoms with Gasteiger partial charge in [-0.05, 0) is 37.6 Å². The average molecular weight is 401 g/mol. The molecule has 4 rings (SSSR count). The molecule has 28 heavy (non-hydrogen) atoms. The highest BCUT2D eigenvalue weighted by Gasteiger charge is 2.50. The smallest absolute Gasteiger partial charge is 0.243 e. The molecule has 148 valence electrons. The molecule has 2 aromatic rings. The van der Waals surface area contributed by atoms with Gasteiger partial charge in [-0.2, -0.15) is 4.31 Å². The second kappa shape index (κ2) is 6.90. The molecule has 2 aliphatic rings. The monoisotopic (exact) mass is 400 g/mol. The Labute approximate surface area is 165 Å². The van der Waals surface area contributed by atoms with E-state index in [1.807, 2.05) is 31.2 Å². The average Bonchev–Trinajstić information content (AvgIpc) is 3.26. The predicted molar refractivity (Wildman–Crippen MR) is 107 cm³/mol. The molecule has 2 heterocycles. The maximum Gasteiger partial charge on any atom is 0.243 e. The maximum atomic E-state index is 13.1. The minimum absolute atomic E-state index is 0.0597. The lowest BCUT2D eigenvalue weighted by molar-refractivity contribution is -0.117. The van der Waals surface area contributed by atoms with Crippen molar-refractivity contribution in [2.75, 3.05) is 31.6 Å². The number of benzene rings is 2. The number of hydrogen-bond acceptors (Lipinski definition) is 4. The largest absolute Gasteiger partial charge is 0.497 e. The van der Waals surface area contributed by atoms with Gasteiger partial charge in [-0.15, -0.1) is 0 Å². The number of carbonyl (C=O) groups is 1. The third-order valence-electron chi connectivity index (χ3n) is 5.75. The summed E-state index contributed by atoms with van der Waals surface area (Å²) < 4.78 is 32.8. The molecule has 2 fully saturated rings. The van der Waals surface area contributed by atoms with Gasteiger partial charge in [-0.25, -0.2) is 8.42 Å². The molecular weight excluding hydrogens is 376 g/mol. The van der Waals surface area contributed by atoms with E-state index in [0.29, 0.717) is 38.2 Å². The first-order valence-electron chi connectivity index (χ1n) is 9.34. The molecule has 7 heteroatoms. The summed E-state index contributed by atoms with van der Waals surface area (Å²) in [4.78, 5) is 14.7. The van der Waals surface area contributed by atoms with Gasteiger partial charge < -0.3 is 9.64 Å². The Morgan fingerprint density at radius 2 is 1.82 bits per heavy atom. The molecule has 1 atom stereocenters. The van der Waals surface area contributed by atoms with Gasteiger partial charge in [0.05, 0.1) is 12.0 Å². The number of anilines is 1. The van der Waals surface area contributed by atoms with Crippen LogP contribution in [-0.2, 0) is 14.8 Å². The van der Waals surface area contributed by atoms with Crippen molar-refractivity contribution in [1.29, 1.82) is 0 Å².